The Morgan fingerprint density at radius 2 is 2.06 bits per heavy atom. The zero-order chi connectivity index (χ0) is 11.4. The molecule has 1 saturated carbocycles. The van der Waals surface area contributed by atoms with Crippen LogP contribution in [-0.4, -0.2) is 47.8 Å². The Bertz CT molecular complexity index is 210. The molecule has 3 unspecified atom stereocenters. The SMILES string of the molecule is CCNCC1CCCCN1C1CCCC1O. The van der Waals surface area contributed by atoms with E-state index in [9.17, 15) is 5.11 Å². The molecule has 16 heavy (non-hydrogen) atoms. The number of aliphatic hydroxyl groups is 1. The van der Waals surface area contributed by atoms with Gasteiger partial charge in [-0.2, -0.15) is 0 Å². The molecule has 0 bridgehead atoms. The quantitative estimate of drug-likeness (QED) is 0.760. The minimum atomic E-state index is -0.0674. The van der Waals surface area contributed by atoms with E-state index in [-0.39, 0.29) is 6.10 Å². The van der Waals surface area contributed by atoms with Crippen molar-refractivity contribution >= 4 is 0 Å². The summed E-state index contributed by atoms with van der Waals surface area (Å²) in [6.07, 6.45) is 7.31. The molecule has 3 heteroatoms. The van der Waals surface area contributed by atoms with Crippen molar-refractivity contribution in [2.45, 2.75) is 63.6 Å². The number of nitrogens with zero attached hydrogens (tertiary/aromatic N) is 1. The van der Waals surface area contributed by atoms with Gasteiger partial charge < -0.3 is 10.4 Å². The molecule has 3 atom stereocenters. The first-order chi connectivity index (χ1) is 7.83. The monoisotopic (exact) mass is 226 g/mol. The highest BCUT2D eigenvalue weighted by molar-refractivity contribution is 4.91. The van der Waals surface area contributed by atoms with Crippen molar-refractivity contribution < 1.29 is 5.11 Å². The van der Waals surface area contributed by atoms with Gasteiger partial charge in [-0.1, -0.05) is 13.3 Å². The van der Waals surface area contributed by atoms with Crippen molar-refractivity contribution in [3.63, 3.8) is 0 Å². The van der Waals surface area contributed by atoms with Gasteiger partial charge in [0.15, 0.2) is 0 Å². The van der Waals surface area contributed by atoms with Crippen LogP contribution >= 0.6 is 0 Å². The summed E-state index contributed by atoms with van der Waals surface area (Å²) >= 11 is 0. The molecule has 0 aromatic rings. The highest BCUT2D eigenvalue weighted by Gasteiger charge is 2.35. The molecule has 1 saturated heterocycles. The van der Waals surface area contributed by atoms with Crippen molar-refractivity contribution in [3.05, 3.63) is 0 Å². The molecule has 0 amide bonds. The lowest BCUT2D eigenvalue weighted by molar-refractivity contribution is 0.0252. The third-order valence-corrected chi connectivity index (χ3v) is 4.17. The number of hydrogen-bond donors (Lipinski definition) is 2. The van der Waals surface area contributed by atoms with E-state index in [4.69, 9.17) is 0 Å². The predicted molar refractivity (Wildman–Crippen MR) is 66.5 cm³/mol. The largest absolute Gasteiger partial charge is 0.391 e. The van der Waals surface area contributed by atoms with Gasteiger partial charge in [0.2, 0.25) is 0 Å². The molecule has 1 aliphatic carbocycles. The fourth-order valence-electron chi connectivity index (χ4n) is 3.30. The molecule has 0 aromatic heterocycles. The maximum atomic E-state index is 10.0. The normalized spacial score (nSPS) is 36.8. The molecule has 1 aliphatic heterocycles. The van der Waals surface area contributed by atoms with Gasteiger partial charge in [-0.3, -0.25) is 4.90 Å². The van der Waals surface area contributed by atoms with Crippen LogP contribution in [0.3, 0.4) is 0 Å². The van der Waals surface area contributed by atoms with E-state index in [0.29, 0.717) is 12.1 Å². The Hall–Kier alpha value is -0.120. The van der Waals surface area contributed by atoms with E-state index in [0.717, 1.165) is 19.5 Å². The van der Waals surface area contributed by atoms with E-state index >= 15 is 0 Å². The number of aliphatic hydroxyl groups excluding tert-OH is 1. The first kappa shape index (κ1) is 12.3. The summed E-state index contributed by atoms with van der Waals surface area (Å²) in [7, 11) is 0. The van der Waals surface area contributed by atoms with E-state index in [1.807, 2.05) is 0 Å². The van der Waals surface area contributed by atoms with Gasteiger partial charge in [0.05, 0.1) is 6.10 Å². The van der Waals surface area contributed by atoms with Crippen LogP contribution in [0, 0.1) is 0 Å². The van der Waals surface area contributed by atoms with Crippen LogP contribution in [-0.2, 0) is 0 Å². The molecular weight excluding hydrogens is 200 g/mol. The van der Waals surface area contributed by atoms with Crippen molar-refractivity contribution in [2.24, 2.45) is 0 Å². The van der Waals surface area contributed by atoms with Gasteiger partial charge in [-0.15, -0.1) is 0 Å². The Kier molecular flexibility index (Phi) is 4.62. The van der Waals surface area contributed by atoms with Crippen LogP contribution in [0.15, 0.2) is 0 Å². The second-order valence-corrected chi connectivity index (χ2v) is 5.26. The first-order valence-corrected chi connectivity index (χ1v) is 6.97. The lowest BCUT2D eigenvalue weighted by Gasteiger charge is -2.41. The summed E-state index contributed by atoms with van der Waals surface area (Å²) in [5.41, 5.74) is 0. The van der Waals surface area contributed by atoms with Gasteiger partial charge in [-0.05, 0) is 45.2 Å². The third-order valence-electron chi connectivity index (χ3n) is 4.17. The molecule has 0 spiro atoms. The fourth-order valence-corrected chi connectivity index (χ4v) is 3.30. The van der Waals surface area contributed by atoms with Crippen molar-refractivity contribution in [3.8, 4) is 0 Å². The van der Waals surface area contributed by atoms with Crippen LogP contribution in [0.25, 0.3) is 0 Å². The molecule has 3 nitrogen and oxygen atoms in total. The lowest BCUT2D eigenvalue weighted by atomic mass is 9.98. The number of rotatable bonds is 4. The summed E-state index contributed by atoms with van der Waals surface area (Å²) in [4.78, 5) is 2.59. The Balaban J connectivity index is 1.92. The van der Waals surface area contributed by atoms with Gasteiger partial charge in [0.1, 0.15) is 0 Å². The van der Waals surface area contributed by atoms with Gasteiger partial charge in [0.25, 0.3) is 0 Å². The smallest absolute Gasteiger partial charge is 0.0695 e. The molecule has 0 radical (unpaired) electrons. The van der Waals surface area contributed by atoms with E-state index in [1.54, 1.807) is 0 Å². The van der Waals surface area contributed by atoms with Gasteiger partial charge in [-0.25, -0.2) is 0 Å². The van der Waals surface area contributed by atoms with Gasteiger partial charge >= 0.3 is 0 Å². The molecule has 2 aliphatic rings. The Morgan fingerprint density at radius 3 is 2.75 bits per heavy atom. The van der Waals surface area contributed by atoms with Crippen LogP contribution in [0.2, 0.25) is 0 Å². The predicted octanol–water partition coefficient (Wildman–Crippen LogP) is 1.36. The highest BCUT2D eigenvalue weighted by atomic mass is 16.3. The van der Waals surface area contributed by atoms with Gasteiger partial charge in [0, 0.05) is 18.6 Å². The average molecular weight is 226 g/mol. The lowest BCUT2D eigenvalue weighted by Crippen LogP contribution is -2.52. The van der Waals surface area contributed by atoms with Crippen molar-refractivity contribution in [2.75, 3.05) is 19.6 Å². The topological polar surface area (TPSA) is 35.5 Å². The summed E-state index contributed by atoms with van der Waals surface area (Å²) in [5, 5.41) is 13.5. The molecule has 2 rings (SSSR count). The zero-order valence-electron chi connectivity index (χ0n) is 10.5. The second kappa shape index (κ2) is 5.99. The standard InChI is InChI=1S/C13H26N2O/c1-2-14-10-11-6-3-4-9-15(11)12-7-5-8-13(12)16/h11-14,16H,2-10H2,1H3. The molecule has 94 valence electrons. The molecule has 1 heterocycles. The van der Waals surface area contributed by atoms with E-state index in [1.165, 1.54) is 38.6 Å². The zero-order valence-corrected chi connectivity index (χ0v) is 10.5. The molecule has 2 N–H and O–H groups in total. The van der Waals surface area contributed by atoms with Crippen LogP contribution < -0.4 is 5.32 Å². The number of likely N-dealkylation sites (tertiary alicyclic amines) is 1. The van der Waals surface area contributed by atoms with E-state index < -0.39 is 0 Å². The highest BCUT2D eigenvalue weighted by Crippen LogP contribution is 2.29. The van der Waals surface area contributed by atoms with Crippen molar-refractivity contribution in [1.82, 2.24) is 10.2 Å². The minimum absolute atomic E-state index is 0.0674. The maximum absolute atomic E-state index is 10.0. The maximum Gasteiger partial charge on any atom is 0.0695 e. The second-order valence-electron chi connectivity index (χ2n) is 5.26. The summed E-state index contributed by atoms with van der Waals surface area (Å²) in [6, 6.07) is 1.11. The third kappa shape index (κ3) is 2.76. The van der Waals surface area contributed by atoms with Crippen LogP contribution in [0.4, 0.5) is 0 Å². The summed E-state index contributed by atoms with van der Waals surface area (Å²) < 4.78 is 0. The molecule has 2 fully saturated rings. The summed E-state index contributed by atoms with van der Waals surface area (Å²) in [5.74, 6) is 0. The number of piperidine rings is 1. The summed E-state index contributed by atoms with van der Waals surface area (Å²) in [6.45, 7) is 5.51. The number of likely N-dealkylation sites (N-methyl/N-ethyl adjacent to an activating group) is 1. The Morgan fingerprint density at radius 1 is 1.19 bits per heavy atom. The molecular formula is C13H26N2O. The fraction of sp³-hybridized carbons (Fsp3) is 1.00. The van der Waals surface area contributed by atoms with Crippen molar-refractivity contribution in [1.29, 1.82) is 0 Å². The van der Waals surface area contributed by atoms with Crippen LogP contribution in [0.1, 0.15) is 45.4 Å². The Labute approximate surface area is 99.2 Å². The first-order valence-electron chi connectivity index (χ1n) is 6.97. The minimum Gasteiger partial charge on any atom is -0.391 e. The molecule has 0 aromatic carbocycles. The average Bonchev–Trinajstić information content (AvgIpc) is 2.73. The van der Waals surface area contributed by atoms with E-state index in [2.05, 4.69) is 17.1 Å². The van der Waals surface area contributed by atoms with Crippen LogP contribution in [0.5, 0.6) is 0 Å². The number of nitrogens with one attached hydrogen (secondary N) is 1. The number of hydrogen-bond acceptors (Lipinski definition) is 3.